The van der Waals surface area contributed by atoms with Gasteiger partial charge in [0.2, 0.25) is 5.82 Å². The number of nitrogen functional groups attached to an aromatic ring is 1. The molecule has 0 aliphatic heterocycles. The van der Waals surface area contributed by atoms with E-state index in [1.807, 2.05) is 24.3 Å². The van der Waals surface area contributed by atoms with Gasteiger partial charge in [-0.2, -0.15) is 4.98 Å². The molecule has 6 heteroatoms. The first-order valence-corrected chi connectivity index (χ1v) is 6.58. The summed E-state index contributed by atoms with van der Waals surface area (Å²) in [5.41, 5.74) is 7.33. The lowest BCUT2D eigenvalue weighted by molar-refractivity contribution is 0.432. The van der Waals surface area contributed by atoms with Crippen LogP contribution in [0.5, 0.6) is 0 Å². The Labute approximate surface area is 122 Å². The minimum atomic E-state index is -0.406. The molecule has 2 N–H and O–H groups in total. The highest BCUT2D eigenvalue weighted by Gasteiger charge is 2.14. The predicted molar refractivity (Wildman–Crippen MR) is 77.2 cm³/mol. The van der Waals surface area contributed by atoms with E-state index in [9.17, 15) is 4.39 Å². The first-order chi connectivity index (χ1) is 9.65. The van der Waals surface area contributed by atoms with Crippen LogP contribution in [-0.2, 0) is 0 Å². The molecule has 0 fully saturated rings. The first kappa shape index (κ1) is 12.8. The summed E-state index contributed by atoms with van der Waals surface area (Å²) in [4.78, 5) is 4.29. The van der Waals surface area contributed by atoms with E-state index in [2.05, 4.69) is 26.1 Å². The topological polar surface area (TPSA) is 64.9 Å². The van der Waals surface area contributed by atoms with Crippen molar-refractivity contribution in [1.82, 2.24) is 10.1 Å². The van der Waals surface area contributed by atoms with E-state index in [1.54, 1.807) is 0 Å². The molecule has 0 amide bonds. The van der Waals surface area contributed by atoms with Crippen LogP contribution in [0.25, 0.3) is 22.8 Å². The highest BCUT2D eigenvalue weighted by Crippen LogP contribution is 2.30. The minimum absolute atomic E-state index is 0.257. The van der Waals surface area contributed by atoms with Gasteiger partial charge in [0.1, 0.15) is 5.82 Å². The summed E-state index contributed by atoms with van der Waals surface area (Å²) in [5, 5.41) is 3.92. The third kappa shape index (κ3) is 2.30. The van der Waals surface area contributed by atoms with Crippen molar-refractivity contribution in [1.29, 1.82) is 0 Å². The standard InChI is InChI=1S/C14H9BrFN3O/c15-11-4-2-1-3-9(11)13-18-14(20-19-13)10-6-5-8(16)7-12(10)17/h1-7H,17H2. The third-order valence-electron chi connectivity index (χ3n) is 2.78. The summed E-state index contributed by atoms with van der Waals surface area (Å²) < 4.78 is 19.1. The molecule has 2 aromatic carbocycles. The molecule has 0 radical (unpaired) electrons. The fourth-order valence-corrected chi connectivity index (χ4v) is 2.28. The highest BCUT2D eigenvalue weighted by molar-refractivity contribution is 9.10. The number of anilines is 1. The van der Waals surface area contributed by atoms with E-state index in [-0.39, 0.29) is 11.6 Å². The number of halogens is 2. The molecule has 1 aromatic heterocycles. The van der Waals surface area contributed by atoms with Gasteiger partial charge in [0.05, 0.1) is 5.56 Å². The Bertz CT molecular complexity index is 773. The normalized spacial score (nSPS) is 10.7. The molecule has 0 aliphatic carbocycles. The zero-order valence-electron chi connectivity index (χ0n) is 10.2. The molecule has 4 nitrogen and oxygen atoms in total. The SMILES string of the molecule is Nc1cc(F)ccc1-c1nc(-c2ccccc2Br)no1. The molecule has 0 aliphatic rings. The van der Waals surface area contributed by atoms with Crippen molar-refractivity contribution < 1.29 is 8.91 Å². The van der Waals surface area contributed by atoms with Crippen molar-refractivity contribution in [3.63, 3.8) is 0 Å². The summed E-state index contributed by atoms with van der Waals surface area (Å²) in [5.74, 6) is 0.293. The molecule has 3 aromatic rings. The van der Waals surface area contributed by atoms with Crippen LogP contribution >= 0.6 is 15.9 Å². The summed E-state index contributed by atoms with van der Waals surface area (Å²) in [7, 11) is 0. The van der Waals surface area contributed by atoms with Gasteiger partial charge in [0.15, 0.2) is 0 Å². The monoisotopic (exact) mass is 333 g/mol. The molecule has 0 bridgehead atoms. The Morgan fingerprint density at radius 2 is 1.90 bits per heavy atom. The van der Waals surface area contributed by atoms with Gasteiger partial charge >= 0.3 is 0 Å². The van der Waals surface area contributed by atoms with Crippen molar-refractivity contribution in [2.24, 2.45) is 0 Å². The maximum atomic E-state index is 13.0. The van der Waals surface area contributed by atoms with Gasteiger partial charge < -0.3 is 10.3 Å². The zero-order chi connectivity index (χ0) is 14.1. The third-order valence-corrected chi connectivity index (χ3v) is 3.48. The minimum Gasteiger partial charge on any atom is -0.398 e. The second-order valence-electron chi connectivity index (χ2n) is 4.13. The van der Waals surface area contributed by atoms with Crippen LogP contribution in [0.1, 0.15) is 0 Å². The smallest absolute Gasteiger partial charge is 0.260 e. The fraction of sp³-hybridized carbons (Fsp3) is 0. The van der Waals surface area contributed by atoms with E-state index in [0.717, 1.165) is 10.0 Å². The molecule has 0 spiro atoms. The molecular formula is C14H9BrFN3O. The van der Waals surface area contributed by atoms with E-state index in [4.69, 9.17) is 10.3 Å². The van der Waals surface area contributed by atoms with Crippen molar-refractivity contribution in [2.75, 3.05) is 5.73 Å². The van der Waals surface area contributed by atoms with Gasteiger partial charge in [-0.05, 0) is 30.3 Å². The summed E-state index contributed by atoms with van der Waals surface area (Å²) in [6.45, 7) is 0. The largest absolute Gasteiger partial charge is 0.398 e. The van der Waals surface area contributed by atoms with Crippen LogP contribution in [0.2, 0.25) is 0 Å². The van der Waals surface area contributed by atoms with Crippen molar-refractivity contribution >= 4 is 21.6 Å². The van der Waals surface area contributed by atoms with Gasteiger partial charge in [0.25, 0.3) is 5.89 Å². The number of benzene rings is 2. The van der Waals surface area contributed by atoms with Crippen molar-refractivity contribution in [2.45, 2.75) is 0 Å². The zero-order valence-corrected chi connectivity index (χ0v) is 11.8. The second-order valence-corrected chi connectivity index (χ2v) is 4.99. The Kier molecular flexibility index (Phi) is 3.23. The van der Waals surface area contributed by atoms with Crippen LogP contribution in [0.3, 0.4) is 0 Å². The van der Waals surface area contributed by atoms with Gasteiger partial charge in [-0.15, -0.1) is 0 Å². The predicted octanol–water partition coefficient (Wildman–Crippen LogP) is 3.89. The van der Waals surface area contributed by atoms with Crippen LogP contribution in [0, 0.1) is 5.82 Å². The second kappa shape index (κ2) is 5.05. The molecule has 0 saturated heterocycles. The maximum Gasteiger partial charge on any atom is 0.260 e. The molecule has 1 heterocycles. The molecular weight excluding hydrogens is 325 g/mol. The number of aromatic nitrogens is 2. The average molecular weight is 334 g/mol. The lowest BCUT2D eigenvalue weighted by Crippen LogP contribution is -1.91. The molecule has 100 valence electrons. The molecule has 0 saturated carbocycles. The molecule has 3 rings (SSSR count). The Morgan fingerprint density at radius 1 is 1.10 bits per heavy atom. The molecule has 20 heavy (non-hydrogen) atoms. The van der Waals surface area contributed by atoms with Crippen molar-refractivity contribution in [3.05, 3.63) is 52.8 Å². The number of hydrogen-bond donors (Lipinski definition) is 1. The van der Waals surface area contributed by atoms with Gasteiger partial charge in [-0.3, -0.25) is 0 Å². The Morgan fingerprint density at radius 3 is 2.65 bits per heavy atom. The lowest BCUT2D eigenvalue weighted by atomic mass is 10.1. The number of rotatable bonds is 2. The van der Waals surface area contributed by atoms with Crippen LogP contribution in [0.4, 0.5) is 10.1 Å². The van der Waals surface area contributed by atoms with Gasteiger partial charge in [-0.25, -0.2) is 4.39 Å². The molecule has 0 atom stereocenters. The summed E-state index contributed by atoms with van der Waals surface area (Å²) in [6.07, 6.45) is 0. The quantitative estimate of drug-likeness (QED) is 0.722. The fourth-order valence-electron chi connectivity index (χ4n) is 1.81. The number of nitrogens with two attached hydrogens (primary N) is 1. The van der Waals surface area contributed by atoms with E-state index >= 15 is 0 Å². The van der Waals surface area contributed by atoms with Gasteiger partial charge in [0, 0.05) is 15.7 Å². The highest BCUT2D eigenvalue weighted by atomic mass is 79.9. The Hall–Kier alpha value is -2.21. The van der Waals surface area contributed by atoms with Gasteiger partial charge in [-0.1, -0.05) is 33.2 Å². The van der Waals surface area contributed by atoms with Crippen molar-refractivity contribution in [3.8, 4) is 22.8 Å². The summed E-state index contributed by atoms with van der Waals surface area (Å²) >= 11 is 3.43. The first-order valence-electron chi connectivity index (χ1n) is 5.79. The van der Waals surface area contributed by atoms with E-state index in [0.29, 0.717) is 11.4 Å². The number of hydrogen-bond acceptors (Lipinski definition) is 4. The van der Waals surface area contributed by atoms with Crippen LogP contribution in [0.15, 0.2) is 51.5 Å². The number of nitrogens with zero attached hydrogens (tertiary/aromatic N) is 2. The lowest BCUT2D eigenvalue weighted by Gasteiger charge is -1.99. The molecule has 0 unspecified atom stereocenters. The van der Waals surface area contributed by atoms with E-state index < -0.39 is 5.82 Å². The Balaban J connectivity index is 2.04. The summed E-state index contributed by atoms with van der Waals surface area (Å²) in [6, 6.07) is 11.6. The van der Waals surface area contributed by atoms with E-state index in [1.165, 1.54) is 18.2 Å². The van der Waals surface area contributed by atoms with Crippen LogP contribution in [-0.4, -0.2) is 10.1 Å². The average Bonchev–Trinajstić information content (AvgIpc) is 2.88. The van der Waals surface area contributed by atoms with Crippen LogP contribution < -0.4 is 5.73 Å². The maximum absolute atomic E-state index is 13.0.